The zero-order valence-electron chi connectivity index (χ0n) is 19.1. The minimum Gasteiger partial charge on any atom is -0.343 e. The maximum Gasteiger partial charge on any atom is 0.219 e. The zero-order chi connectivity index (χ0) is 23.1. The van der Waals surface area contributed by atoms with Crippen LogP contribution in [0.1, 0.15) is 46.4 Å². The number of hydrogen-bond donors (Lipinski definition) is 0. The van der Waals surface area contributed by atoms with Gasteiger partial charge in [0.05, 0.1) is 20.8 Å². The molecule has 8 heteroatoms. The van der Waals surface area contributed by atoms with Crippen LogP contribution in [-0.2, 0) is 26.6 Å². The van der Waals surface area contributed by atoms with E-state index in [1.807, 2.05) is 11.0 Å². The number of imidazole rings is 1. The molecule has 170 valence electrons. The largest absolute Gasteiger partial charge is 0.343 e. The zero-order valence-corrected chi connectivity index (χ0v) is 19.9. The van der Waals surface area contributed by atoms with Gasteiger partial charge in [0.15, 0.2) is 0 Å². The van der Waals surface area contributed by atoms with Crippen LogP contribution in [0, 0.1) is 5.92 Å². The van der Waals surface area contributed by atoms with Gasteiger partial charge in [-0.1, -0.05) is 20.8 Å². The lowest BCUT2D eigenvalue weighted by molar-refractivity contribution is -0.130. The number of carbonyl (C=O) groups excluding carboxylic acids is 1. The summed E-state index contributed by atoms with van der Waals surface area (Å²) in [5, 5.41) is 0. The number of sulfone groups is 1. The van der Waals surface area contributed by atoms with Gasteiger partial charge in [0.25, 0.3) is 0 Å². The first-order valence-electron chi connectivity index (χ1n) is 11.0. The van der Waals surface area contributed by atoms with Crippen LogP contribution in [0.15, 0.2) is 52.5 Å². The summed E-state index contributed by atoms with van der Waals surface area (Å²) in [5.74, 6) is 1.52. The van der Waals surface area contributed by atoms with Gasteiger partial charge in [-0.15, -0.1) is 0 Å². The van der Waals surface area contributed by atoms with Crippen molar-refractivity contribution in [1.29, 1.82) is 0 Å². The van der Waals surface area contributed by atoms with Crippen LogP contribution in [0.5, 0.6) is 0 Å². The van der Waals surface area contributed by atoms with Crippen molar-refractivity contribution < 1.29 is 13.2 Å². The number of nitrogens with zero attached hydrogens (tertiary/aromatic N) is 4. The molecule has 1 aliphatic heterocycles. The lowest BCUT2D eigenvalue weighted by Crippen LogP contribution is -2.38. The smallest absolute Gasteiger partial charge is 0.219 e. The summed E-state index contributed by atoms with van der Waals surface area (Å²) in [5.41, 5.74) is 1.43. The third-order valence-corrected chi connectivity index (χ3v) is 7.88. The molecule has 1 aromatic carbocycles. The van der Waals surface area contributed by atoms with Gasteiger partial charge in [0.2, 0.25) is 15.7 Å². The van der Waals surface area contributed by atoms with Gasteiger partial charge >= 0.3 is 0 Å². The molecule has 0 spiro atoms. The van der Waals surface area contributed by atoms with Crippen molar-refractivity contribution in [2.75, 3.05) is 13.1 Å². The van der Waals surface area contributed by atoms with Gasteiger partial charge in [-0.25, -0.2) is 13.4 Å². The van der Waals surface area contributed by atoms with E-state index in [9.17, 15) is 13.2 Å². The summed E-state index contributed by atoms with van der Waals surface area (Å²) >= 11 is 0. The fraction of sp³-hybridized carbons (Fsp3) is 0.458. The van der Waals surface area contributed by atoms with E-state index in [1.165, 1.54) is 6.20 Å². The highest BCUT2D eigenvalue weighted by atomic mass is 32.2. The number of amides is 1. The van der Waals surface area contributed by atoms with Crippen molar-refractivity contribution in [2.45, 2.75) is 62.3 Å². The normalized spacial score (nSPS) is 15.9. The number of aromatic nitrogens is 3. The lowest BCUT2D eigenvalue weighted by Gasteiger charge is -2.32. The Bertz CT molecular complexity index is 1240. The Morgan fingerprint density at radius 3 is 2.44 bits per heavy atom. The SMILES string of the molecule is CC(=O)N1CCC(Cn2c(C(C)(C)C)nc3cc(S(=O)(=O)c4cccnc4)ccc32)CC1. The van der Waals surface area contributed by atoms with Gasteiger partial charge in [-0.2, -0.15) is 0 Å². The molecule has 0 saturated carbocycles. The van der Waals surface area contributed by atoms with Gasteiger partial charge in [0.1, 0.15) is 5.82 Å². The first kappa shape index (κ1) is 22.5. The van der Waals surface area contributed by atoms with Gasteiger partial charge in [-0.05, 0) is 49.1 Å². The predicted molar refractivity (Wildman–Crippen MR) is 123 cm³/mol. The predicted octanol–water partition coefficient (Wildman–Crippen LogP) is 3.82. The number of carbonyl (C=O) groups is 1. The minimum atomic E-state index is -3.66. The Morgan fingerprint density at radius 2 is 1.84 bits per heavy atom. The summed E-state index contributed by atoms with van der Waals surface area (Å²) in [6.07, 6.45) is 4.83. The van der Waals surface area contributed by atoms with E-state index in [4.69, 9.17) is 4.98 Å². The van der Waals surface area contributed by atoms with Crippen molar-refractivity contribution >= 4 is 26.8 Å². The Kier molecular flexibility index (Phi) is 5.83. The number of hydrogen-bond acceptors (Lipinski definition) is 5. The Labute approximate surface area is 189 Å². The quantitative estimate of drug-likeness (QED) is 0.598. The molecule has 7 nitrogen and oxygen atoms in total. The number of likely N-dealkylation sites (tertiary alicyclic amines) is 1. The molecule has 32 heavy (non-hydrogen) atoms. The number of rotatable bonds is 4. The second kappa shape index (κ2) is 8.31. The van der Waals surface area contributed by atoms with Gasteiger partial charge in [-0.3, -0.25) is 9.78 Å². The summed E-state index contributed by atoms with van der Waals surface area (Å²) in [6, 6.07) is 8.37. The van der Waals surface area contributed by atoms with Crippen LogP contribution < -0.4 is 0 Å². The highest BCUT2D eigenvalue weighted by Crippen LogP contribution is 2.31. The second-order valence-electron chi connectivity index (χ2n) is 9.59. The summed E-state index contributed by atoms with van der Waals surface area (Å²) < 4.78 is 28.4. The van der Waals surface area contributed by atoms with E-state index in [0.717, 1.165) is 43.8 Å². The van der Waals surface area contributed by atoms with Crippen molar-refractivity contribution in [3.05, 3.63) is 48.5 Å². The van der Waals surface area contributed by atoms with Crippen LogP contribution in [-0.4, -0.2) is 46.8 Å². The molecule has 0 unspecified atom stereocenters. The number of fused-ring (bicyclic) bond motifs is 1. The Balaban J connectivity index is 1.71. The van der Waals surface area contributed by atoms with Crippen LogP contribution in [0.2, 0.25) is 0 Å². The van der Waals surface area contributed by atoms with E-state index in [0.29, 0.717) is 11.4 Å². The first-order valence-corrected chi connectivity index (χ1v) is 12.5. The molecule has 0 atom stereocenters. The molecule has 3 heterocycles. The minimum absolute atomic E-state index is 0.134. The average molecular weight is 455 g/mol. The third-order valence-electron chi connectivity index (χ3n) is 6.15. The molecule has 1 aliphatic rings. The van der Waals surface area contributed by atoms with Crippen LogP contribution >= 0.6 is 0 Å². The molecule has 4 rings (SSSR count). The van der Waals surface area contributed by atoms with Crippen LogP contribution in [0.25, 0.3) is 11.0 Å². The van der Waals surface area contributed by atoms with Crippen LogP contribution in [0.3, 0.4) is 0 Å². The van der Waals surface area contributed by atoms with E-state index in [-0.39, 0.29) is 21.1 Å². The Hall–Kier alpha value is -2.74. The van der Waals surface area contributed by atoms with Crippen molar-refractivity contribution in [2.24, 2.45) is 5.92 Å². The highest BCUT2D eigenvalue weighted by molar-refractivity contribution is 7.91. The molecule has 1 amide bonds. The lowest BCUT2D eigenvalue weighted by atomic mass is 9.93. The highest BCUT2D eigenvalue weighted by Gasteiger charge is 2.28. The van der Waals surface area contributed by atoms with E-state index in [1.54, 1.807) is 37.4 Å². The van der Waals surface area contributed by atoms with Crippen molar-refractivity contribution in [3.8, 4) is 0 Å². The molecule has 1 fully saturated rings. The molecule has 0 radical (unpaired) electrons. The number of benzene rings is 1. The average Bonchev–Trinajstić information content (AvgIpc) is 3.13. The fourth-order valence-electron chi connectivity index (χ4n) is 4.36. The molecule has 1 saturated heterocycles. The van der Waals surface area contributed by atoms with E-state index >= 15 is 0 Å². The molecule has 0 bridgehead atoms. The summed E-state index contributed by atoms with van der Waals surface area (Å²) in [7, 11) is -3.66. The summed E-state index contributed by atoms with van der Waals surface area (Å²) in [6.45, 7) is 10.4. The number of pyridine rings is 1. The molecular weight excluding hydrogens is 424 g/mol. The summed E-state index contributed by atoms with van der Waals surface area (Å²) in [4.78, 5) is 22.8. The monoisotopic (exact) mass is 454 g/mol. The Morgan fingerprint density at radius 1 is 1.12 bits per heavy atom. The van der Waals surface area contributed by atoms with Gasteiger partial charge < -0.3 is 9.47 Å². The van der Waals surface area contributed by atoms with Crippen molar-refractivity contribution in [3.63, 3.8) is 0 Å². The topological polar surface area (TPSA) is 85.2 Å². The maximum absolute atomic E-state index is 13.1. The second-order valence-corrected chi connectivity index (χ2v) is 11.5. The third kappa shape index (κ3) is 4.28. The number of piperidine rings is 1. The van der Waals surface area contributed by atoms with E-state index < -0.39 is 9.84 Å². The standard InChI is InChI=1S/C24H30N4O3S/c1-17(29)27-12-9-18(10-13-27)16-28-22-8-7-19(14-21(22)26-23(28)24(2,3)4)32(30,31)20-6-5-11-25-15-20/h5-8,11,14-15,18H,9-10,12-13,16H2,1-4H3. The molecule has 3 aromatic rings. The van der Waals surface area contributed by atoms with Crippen molar-refractivity contribution in [1.82, 2.24) is 19.4 Å². The molecule has 2 aromatic heterocycles. The van der Waals surface area contributed by atoms with E-state index in [2.05, 4.69) is 30.3 Å². The molecule has 0 aliphatic carbocycles. The molecular formula is C24H30N4O3S. The van der Waals surface area contributed by atoms with Gasteiger partial charge in [0, 0.05) is 44.4 Å². The fourth-order valence-corrected chi connectivity index (χ4v) is 5.61. The maximum atomic E-state index is 13.1. The molecule has 0 N–H and O–H groups in total. The first-order chi connectivity index (χ1) is 15.1. The van der Waals surface area contributed by atoms with Crippen LogP contribution in [0.4, 0.5) is 0 Å².